The molecule has 1 saturated heterocycles. The van der Waals surface area contributed by atoms with Crippen LogP contribution in [0.25, 0.3) is 11.1 Å². The smallest absolute Gasteiger partial charge is 0.286 e. The summed E-state index contributed by atoms with van der Waals surface area (Å²) in [5.74, 6) is 0.440. The Morgan fingerprint density at radius 3 is 2.46 bits per heavy atom. The van der Waals surface area contributed by atoms with Gasteiger partial charge in [0, 0.05) is 31.7 Å². The molecule has 1 amide bonds. The molecular weight excluding hydrogens is 440 g/mol. The van der Waals surface area contributed by atoms with Gasteiger partial charge in [-0.05, 0) is 35.6 Å². The van der Waals surface area contributed by atoms with Gasteiger partial charge in [-0.25, -0.2) is 0 Å². The first-order chi connectivity index (χ1) is 17.1. The zero-order chi connectivity index (χ0) is 24.8. The maximum absolute atomic E-state index is 13.3. The highest BCUT2D eigenvalue weighted by molar-refractivity contribution is 5.95. The molecule has 0 unspecified atom stereocenters. The predicted octanol–water partition coefficient (Wildman–Crippen LogP) is 3.82. The number of carbonyl (C=O) groups is 1. The molecule has 7 nitrogen and oxygen atoms in total. The number of aromatic nitrogens is 2. The lowest BCUT2D eigenvalue weighted by atomic mass is 9.99. The standard InChI is InChI=1S/C28H30N4O3/c1-3-7-25-30-27(33)26(28(34)31-14-16-35-17-15-31)24(4-2)32(25)19-20-10-12-21(13-11-20)23-9-6-5-8-22(23)18-29/h5-6,8-13H,3-4,7,14-17,19H2,1-2H3. The first kappa shape index (κ1) is 24.4. The minimum atomic E-state index is -0.443. The van der Waals surface area contributed by atoms with E-state index in [1.54, 1.807) is 4.90 Å². The quantitative estimate of drug-likeness (QED) is 0.524. The van der Waals surface area contributed by atoms with Crippen LogP contribution in [0.4, 0.5) is 0 Å². The number of morpholine rings is 1. The average molecular weight is 471 g/mol. The van der Waals surface area contributed by atoms with Crippen molar-refractivity contribution in [1.29, 1.82) is 5.26 Å². The molecule has 0 saturated carbocycles. The Morgan fingerprint density at radius 1 is 1.09 bits per heavy atom. The van der Waals surface area contributed by atoms with E-state index in [0.717, 1.165) is 28.8 Å². The van der Waals surface area contributed by atoms with E-state index < -0.39 is 5.56 Å². The van der Waals surface area contributed by atoms with Gasteiger partial charge in [0.1, 0.15) is 11.4 Å². The van der Waals surface area contributed by atoms with Crippen molar-refractivity contribution in [3.63, 3.8) is 0 Å². The minimum absolute atomic E-state index is 0.175. The Balaban J connectivity index is 1.72. The summed E-state index contributed by atoms with van der Waals surface area (Å²) >= 11 is 0. The zero-order valence-corrected chi connectivity index (χ0v) is 20.3. The maximum atomic E-state index is 13.3. The lowest BCUT2D eigenvalue weighted by Gasteiger charge is -2.28. The second-order valence-corrected chi connectivity index (χ2v) is 8.60. The van der Waals surface area contributed by atoms with Gasteiger partial charge in [0.25, 0.3) is 11.5 Å². The third kappa shape index (κ3) is 5.18. The normalized spacial score (nSPS) is 13.5. The molecule has 0 N–H and O–H groups in total. The number of rotatable bonds is 7. The molecule has 0 spiro atoms. The van der Waals surface area contributed by atoms with Crippen molar-refractivity contribution in [3.8, 4) is 17.2 Å². The van der Waals surface area contributed by atoms with Gasteiger partial charge in [-0.15, -0.1) is 0 Å². The van der Waals surface area contributed by atoms with Gasteiger partial charge in [0.15, 0.2) is 0 Å². The molecule has 0 aliphatic carbocycles. The van der Waals surface area contributed by atoms with Gasteiger partial charge < -0.3 is 14.2 Å². The first-order valence-electron chi connectivity index (χ1n) is 12.1. The van der Waals surface area contributed by atoms with Crippen LogP contribution >= 0.6 is 0 Å². The molecule has 2 aromatic carbocycles. The van der Waals surface area contributed by atoms with Crippen LogP contribution in [-0.2, 0) is 24.1 Å². The minimum Gasteiger partial charge on any atom is -0.378 e. The monoisotopic (exact) mass is 470 g/mol. The van der Waals surface area contributed by atoms with Gasteiger partial charge >= 0.3 is 0 Å². The maximum Gasteiger partial charge on any atom is 0.286 e. The number of carbonyl (C=O) groups excluding carboxylic acids is 1. The highest BCUT2D eigenvalue weighted by Gasteiger charge is 2.27. The fourth-order valence-corrected chi connectivity index (χ4v) is 4.56. The summed E-state index contributed by atoms with van der Waals surface area (Å²) in [4.78, 5) is 32.4. The summed E-state index contributed by atoms with van der Waals surface area (Å²) in [6, 6.07) is 17.9. The Bertz CT molecular complexity index is 1300. The second kappa shape index (κ2) is 11.1. The second-order valence-electron chi connectivity index (χ2n) is 8.60. The van der Waals surface area contributed by atoms with Crippen LogP contribution in [0.15, 0.2) is 53.3 Å². The lowest BCUT2D eigenvalue weighted by Crippen LogP contribution is -2.44. The van der Waals surface area contributed by atoms with Crippen molar-refractivity contribution in [1.82, 2.24) is 14.5 Å². The fraction of sp³-hybridized carbons (Fsp3) is 0.357. The molecular formula is C28H30N4O3. The van der Waals surface area contributed by atoms with E-state index in [2.05, 4.69) is 18.0 Å². The fourth-order valence-electron chi connectivity index (χ4n) is 4.56. The number of benzene rings is 2. The van der Waals surface area contributed by atoms with E-state index in [1.807, 2.05) is 60.0 Å². The zero-order valence-electron chi connectivity index (χ0n) is 20.3. The van der Waals surface area contributed by atoms with Gasteiger partial charge in [-0.1, -0.05) is 56.3 Å². The van der Waals surface area contributed by atoms with Crippen molar-refractivity contribution in [2.24, 2.45) is 0 Å². The van der Waals surface area contributed by atoms with Crippen LogP contribution in [0.3, 0.4) is 0 Å². The summed E-state index contributed by atoms with van der Waals surface area (Å²) in [6.07, 6.45) is 2.05. The van der Waals surface area contributed by atoms with Gasteiger partial charge in [-0.2, -0.15) is 10.2 Å². The van der Waals surface area contributed by atoms with Crippen LogP contribution in [0.1, 0.15) is 53.3 Å². The van der Waals surface area contributed by atoms with E-state index in [0.29, 0.717) is 57.1 Å². The third-order valence-corrected chi connectivity index (χ3v) is 6.34. The van der Waals surface area contributed by atoms with Gasteiger partial charge in [0.2, 0.25) is 0 Å². The summed E-state index contributed by atoms with van der Waals surface area (Å²) in [5.41, 5.74) is 3.99. The number of nitrogens with zero attached hydrogens (tertiary/aromatic N) is 4. The van der Waals surface area contributed by atoms with E-state index in [9.17, 15) is 14.9 Å². The summed E-state index contributed by atoms with van der Waals surface area (Å²) in [6.45, 7) is 6.44. The van der Waals surface area contributed by atoms with Crippen LogP contribution in [0.2, 0.25) is 0 Å². The van der Waals surface area contributed by atoms with Gasteiger partial charge in [0.05, 0.1) is 24.8 Å². The Morgan fingerprint density at radius 2 is 1.80 bits per heavy atom. The van der Waals surface area contributed by atoms with E-state index in [-0.39, 0.29) is 11.5 Å². The van der Waals surface area contributed by atoms with Crippen LogP contribution in [0.5, 0.6) is 0 Å². The highest BCUT2D eigenvalue weighted by Crippen LogP contribution is 2.24. The number of ether oxygens (including phenoxy) is 1. The van der Waals surface area contributed by atoms with E-state index in [1.165, 1.54) is 0 Å². The molecule has 35 heavy (non-hydrogen) atoms. The number of hydrogen-bond donors (Lipinski definition) is 0. The molecule has 2 heterocycles. The van der Waals surface area contributed by atoms with Crippen molar-refractivity contribution in [2.45, 2.75) is 39.7 Å². The van der Waals surface area contributed by atoms with Crippen LogP contribution in [-0.4, -0.2) is 46.7 Å². The Labute approximate surface area is 205 Å². The summed E-state index contributed by atoms with van der Waals surface area (Å²) in [5, 5.41) is 9.43. The first-order valence-corrected chi connectivity index (χ1v) is 12.1. The van der Waals surface area contributed by atoms with Crippen molar-refractivity contribution in [2.75, 3.05) is 26.3 Å². The number of amides is 1. The van der Waals surface area contributed by atoms with Crippen molar-refractivity contribution >= 4 is 5.91 Å². The SMILES string of the molecule is CCCc1nc(=O)c(C(=O)N2CCOCC2)c(CC)n1Cc1ccc(-c2ccccc2C#N)cc1. The largest absolute Gasteiger partial charge is 0.378 e. The van der Waals surface area contributed by atoms with Crippen molar-refractivity contribution in [3.05, 3.63) is 87.1 Å². The molecule has 1 fully saturated rings. The van der Waals surface area contributed by atoms with E-state index in [4.69, 9.17) is 4.74 Å². The molecule has 180 valence electrons. The molecule has 4 rings (SSSR count). The molecule has 3 aromatic rings. The molecule has 1 aliphatic heterocycles. The number of nitriles is 1. The molecule has 0 bridgehead atoms. The molecule has 1 aromatic heterocycles. The van der Waals surface area contributed by atoms with Crippen LogP contribution < -0.4 is 5.56 Å². The molecule has 1 aliphatic rings. The Hall–Kier alpha value is -3.76. The van der Waals surface area contributed by atoms with Crippen LogP contribution in [0, 0.1) is 11.3 Å². The number of hydrogen-bond acceptors (Lipinski definition) is 5. The molecule has 0 atom stereocenters. The van der Waals surface area contributed by atoms with Crippen molar-refractivity contribution < 1.29 is 9.53 Å². The topological polar surface area (TPSA) is 88.2 Å². The average Bonchev–Trinajstić information content (AvgIpc) is 2.90. The summed E-state index contributed by atoms with van der Waals surface area (Å²) in [7, 11) is 0. The molecule has 0 radical (unpaired) electrons. The summed E-state index contributed by atoms with van der Waals surface area (Å²) < 4.78 is 7.41. The van der Waals surface area contributed by atoms with Gasteiger partial charge in [-0.3, -0.25) is 9.59 Å². The third-order valence-electron chi connectivity index (χ3n) is 6.34. The lowest BCUT2D eigenvalue weighted by molar-refractivity contribution is 0.0300. The molecule has 7 heteroatoms. The highest BCUT2D eigenvalue weighted by atomic mass is 16.5. The van der Waals surface area contributed by atoms with E-state index >= 15 is 0 Å². The predicted molar refractivity (Wildman–Crippen MR) is 134 cm³/mol. The Kier molecular flexibility index (Phi) is 7.74. The number of aryl methyl sites for hydroxylation is 1.